The third-order valence-corrected chi connectivity index (χ3v) is 3.36. The number of carboxylic acids is 1. The number of aromatic carboxylic acids is 1. The highest BCUT2D eigenvalue weighted by atomic mass is 79.9. The molecule has 0 aliphatic rings. The molecule has 0 aliphatic heterocycles. The molecule has 1 N–H and O–H groups in total. The van der Waals surface area contributed by atoms with Crippen LogP contribution >= 0.6 is 15.9 Å². The van der Waals surface area contributed by atoms with Crippen LogP contribution in [0.2, 0.25) is 0 Å². The van der Waals surface area contributed by atoms with Crippen LogP contribution < -0.4 is 4.74 Å². The molecule has 0 saturated carbocycles. The second-order valence-electron chi connectivity index (χ2n) is 4.32. The van der Waals surface area contributed by atoms with E-state index in [9.17, 15) is 4.79 Å². The van der Waals surface area contributed by atoms with E-state index in [0.717, 1.165) is 10.0 Å². The van der Waals surface area contributed by atoms with Crippen LogP contribution in [0.4, 0.5) is 0 Å². The number of ether oxygens (including phenoxy) is 1. The van der Waals surface area contributed by atoms with Crippen LogP contribution in [0.5, 0.6) is 11.5 Å². The quantitative estimate of drug-likeness (QED) is 0.902. The first-order valence-electron chi connectivity index (χ1n) is 5.75. The maximum Gasteiger partial charge on any atom is 0.335 e. The molecule has 3 nitrogen and oxygen atoms in total. The summed E-state index contributed by atoms with van der Waals surface area (Å²) in [6, 6.07) is 10.7. The molecule has 0 radical (unpaired) electrons. The lowest BCUT2D eigenvalue weighted by Crippen LogP contribution is -1.99. The van der Waals surface area contributed by atoms with Crippen molar-refractivity contribution in [1.82, 2.24) is 0 Å². The van der Waals surface area contributed by atoms with Crippen molar-refractivity contribution in [1.29, 1.82) is 0 Å². The van der Waals surface area contributed by atoms with Crippen LogP contribution in [0.1, 0.15) is 21.5 Å². The topological polar surface area (TPSA) is 46.5 Å². The predicted octanol–water partition coefficient (Wildman–Crippen LogP) is 4.56. The summed E-state index contributed by atoms with van der Waals surface area (Å²) in [5, 5.41) is 8.97. The number of hydrogen-bond donors (Lipinski definition) is 1. The highest BCUT2D eigenvalue weighted by Gasteiger charge is 2.09. The first-order chi connectivity index (χ1) is 8.97. The largest absolute Gasteiger partial charge is 0.478 e. The summed E-state index contributed by atoms with van der Waals surface area (Å²) in [7, 11) is 0. The van der Waals surface area contributed by atoms with Crippen molar-refractivity contribution < 1.29 is 14.6 Å². The lowest BCUT2D eigenvalue weighted by atomic mass is 10.1. The van der Waals surface area contributed by atoms with Crippen molar-refractivity contribution in [2.45, 2.75) is 13.8 Å². The van der Waals surface area contributed by atoms with Crippen LogP contribution in [-0.2, 0) is 0 Å². The molecule has 0 heterocycles. The number of carbonyl (C=O) groups is 1. The minimum atomic E-state index is -0.930. The molecule has 2 aromatic rings. The molecule has 0 amide bonds. The molecule has 0 aromatic heterocycles. The van der Waals surface area contributed by atoms with Gasteiger partial charge in [0.15, 0.2) is 0 Å². The van der Waals surface area contributed by atoms with Crippen molar-refractivity contribution in [2.75, 3.05) is 0 Å². The maximum absolute atomic E-state index is 10.9. The Labute approximate surface area is 120 Å². The maximum atomic E-state index is 10.9. The molecule has 2 rings (SSSR count). The first-order valence-corrected chi connectivity index (χ1v) is 6.54. The number of hydrogen-bond acceptors (Lipinski definition) is 2. The molecule has 4 heteroatoms. The Bertz CT molecular complexity index is 635. The van der Waals surface area contributed by atoms with Gasteiger partial charge in [-0.2, -0.15) is 0 Å². The Kier molecular flexibility index (Phi) is 3.90. The fourth-order valence-electron chi connectivity index (χ4n) is 1.76. The average molecular weight is 321 g/mol. The van der Waals surface area contributed by atoms with E-state index in [4.69, 9.17) is 9.84 Å². The molecule has 0 spiro atoms. The van der Waals surface area contributed by atoms with Gasteiger partial charge < -0.3 is 9.84 Å². The van der Waals surface area contributed by atoms with Crippen LogP contribution in [0.25, 0.3) is 0 Å². The minimum absolute atomic E-state index is 0.287. The van der Waals surface area contributed by atoms with Crippen molar-refractivity contribution in [2.24, 2.45) is 0 Å². The average Bonchev–Trinajstić information content (AvgIpc) is 2.32. The lowest BCUT2D eigenvalue weighted by Gasteiger charge is -2.10. The molecule has 0 unspecified atom stereocenters. The van der Waals surface area contributed by atoms with Crippen molar-refractivity contribution >= 4 is 21.9 Å². The fourth-order valence-corrected chi connectivity index (χ4v) is 2.33. The SMILES string of the molecule is Cc1ccc(Oc2ccc(C(=O)O)c(C)c2)c(Br)c1. The highest BCUT2D eigenvalue weighted by molar-refractivity contribution is 9.10. The molecule has 0 bridgehead atoms. The molecular weight excluding hydrogens is 308 g/mol. The Hall–Kier alpha value is -1.81. The minimum Gasteiger partial charge on any atom is -0.478 e. The molecule has 98 valence electrons. The zero-order valence-electron chi connectivity index (χ0n) is 10.6. The van der Waals surface area contributed by atoms with Gasteiger partial charge in [0, 0.05) is 0 Å². The second kappa shape index (κ2) is 5.45. The van der Waals surface area contributed by atoms with E-state index < -0.39 is 5.97 Å². The Morgan fingerprint density at radius 1 is 1.16 bits per heavy atom. The Morgan fingerprint density at radius 3 is 2.47 bits per heavy atom. The summed E-state index contributed by atoms with van der Waals surface area (Å²) in [4.78, 5) is 10.9. The van der Waals surface area contributed by atoms with E-state index in [0.29, 0.717) is 17.1 Å². The van der Waals surface area contributed by atoms with E-state index >= 15 is 0 Å². The molecule has 2 aromatic carbocycles. The summed E-state index contributed by atoms with van der Waals surface area (Å²) >= 11 is 3.44. The first kappa shape index (κ1) is 13.6. The summed E-state index contributed by atoms with van der Waals surface area (Å²) in [6.45, 7) is 3.75. The van der Waals surface area contributed by atoms with Crippen LogP contribution in [-0.4, -0.2) is 11.1 Å². The van der Waals surface area contributed by atoms with E-state index in [-0.39, 0.29) is 5.56 Å². The van der Waals surface area contributed by atoms with Crippen LogP contribution in [0.15, 0.2) is 40.9 Å². The molecule has 0 atom stereocenters. The van der Waals surface area contributed by atoms with Gasteiger partial charge in [0.05, 0.1) is 10.0 Å². The zero-order valence-corrected chi connectivity index (χ0v) is 12.2. The van der Waals surface area contributed by atoms with Crippen molar-refractivity contribution in [3.05, 3.63) is 57.6 Å². The molecule has 0 fully saturated rings. The smallest absolute Gasteiger partial charge is 0.335 e. The van der Waals surface area contributed by atoms with Crippen molar-refractivity contribution in [3.63, 3.8) is 0 Å². The van der Waals surface area contributed by atoms with E-state index in [2.05, 4.69) is 15.9 Å². The van der Waals surface area contributed by atoms with Crippen molar-refractivity contribution in [3.8, 4) is 11.5 Å². The number of carboxylic acid groups (broad SMARTS) is 1. The molecule has 19 heavy (non-hydrogen) atoms. The Balaban J connectivity index is 2.29. The third-order valence-electron chi connectivity index (χ3n) is 2.74. The normalized spacial score (nSPS) is 10.3. The van der Waals surface area contributed by atoms with E-state index in [1.165, 1.54) is 0 Å². The summed E-state index contributed by atoms with van der Waals surface area (Å²) < 4.78 is 6.61. The van der Waals surface area contributed by atoms with Gasteiger partial charge in [-0.15, -0.1) is 0 Å². The number of benzene rings is 2. The highest BCUT2D eigenvalue weighted by Crippen LogP contribution is 2.31. The van der Waals surface area contributed by atoms with Gasteiger partial charge in [-0.05, 0) is 71.2 Å². The number of aryl methyl sites for hydroxylation is 2. The monoisotopic (exact) mass is 320 g/mol. The summed E-state index contributed by atoms with van der Waals surface area (Å²) in [5.41, 5.74) is 2.10. The lowest BCUT2D eigenvalue weighted by molar-refractivity contribution is 0.0696. The van der Waals surface area contributed by atoms with E-state index in [1.54, 1.807) is 25.1 Å². The van der Waals surface area contributed by atoms with Gasteiger partial charge in [-0.3, -0.25) is 0 Å². The van der Waals surface area contributed by atoms with Gasteiger partial charge in [-0.25, -0.2) is 4.79 Å². The predicted molar refractivity (Wildman–Crippen MR) is 77.1 cm³/mol. The zero-order chi connectivity index (χ0) is 14.0. The molecular formula is C15H13BrO3. The summed E-state index contributed by atoms with van der Waals surface area (Å²) in [6.07, 6.45) is 0. The molecule has 0 aliphatic carbocycles. The number of halogens is 1. The van der Waals surface area contributed by atoms with E-state index in [1.807, 2.05) is 25.1 Å². The van der Waals surface area contributed by atoms with Gasteiger partial charge in [0.2, 0.25) is 0 Å². The Morgan fingerprint density at radius 2 is 1.89 bits per heavy atom. The van der Waals surface area contributed by atoms with Gasteiger partial charge in [0.25, 0.3) is 0 Å². The van der Waals surface area contributed by atoms with Gasteiger partial charge >= 0.3 is 5.97 Å². The second-order valence-corrected chi connectivity index (χ2v) is 5.17. The van der Waals surface area contributed by atoms with Gasteiger partial charge in [0.1, 0.15) is 11.5 Å². The number of rotatable bonds is 3. The standard InChI is InChI=1S/C15H13BrO3/c1-9-3-6-14(13(16)7-9)19-11-4-5-12(15(17)18)10(2)8-11/h3-8H,1-2H3,(H,17,18). The molecule has 0 saturated heterocycles. The fraction of sp³-hybridized carbons (Fsp3) is 0.133. The van der Waals surface area contributed by atoms with Crippen LogP contribution in [0.3, 0.4) is 0 Å². The van der Waals surface area contributed by atoms with Crippen LogP contribution in [0, 0.1) is 13.8 Å². The third kappa shape index (κ3) is 3.15. The van der Waals surface area contributed by atoms with Gasteiger partial charge in [-0.1, -0.05) is 6.07 Å². The summed E-state index contributed by atoms with van der Waals surface area (Å²) in [5.74, 6) is 0.390.